The van der Waals surface area contributed by atoms with Gasteiger partial charge in [0.15, 0.2) is 0 Å². The molecule has 0 saturated heterocycles. The Morgan fingerprint density at radius 2 is 2.50 bits per heavy atom. The van der Waals surface area contributed by atoms with E-state index in [1.54, 1.807) is 11.3 Å². The summed E-state index contributed by atoms with van der Waals surface area (Å²) in [5, 5.41) is 5.50. The molecule has 1 aromatic heterocycles. The fraction of sp³-hybridized carbons (Fsp3) is 0.556. The first-order valence-corrected chi connectivity index (χ1v) is 5.23. The molecule has 12 heavy (non-hydrogen) atoms. The third-order valence-corrected chi connectivity index (χ3v) is 2.75. The molecule has 1 rings (SSSR count). The highest BCUT2D eigenvalue weighted by atomic mass is 32.1. The number of nitrogens with one attached hydrogen (secondary N) is 1. The molecule has 3 N–H and O–H groups in total. The molecule has 0 fully saturated rings. The molecule has 2 nitrogen and oxygen atoms in total. The maximum atomic E-state index is 5.65. The third-order valence-electron chi connectivity index (χ3n) is 1.76. The van der Waals surface area contributed by atoms with E-state index in [9.17, 15) is 0 Å². The first-order chi connectivity index (χ1) is 5.88. The molecule has 0 spiro atoms. The van der Waals surface area contributed by atoms with Gasteiger partial charge in [0.2, 0.25) is 0 Å². The second-order valence-electron chi connectivity index (χ2n) is 2.76. The smallest absolute Gasteiger partial charge is 0.0539 e. The second-order valence-corrected chi connectivity index (χ2v) is 3.74. The Morgan fingerprint density at radius 3 is 3.00 bits per heavy atom. The van der Waals surface area contributed by atoms with Crippen LogP contribution in [-0.4, -0.2) is 13.1 Å². The molecule has 0 aromatic carbocycles. The first-order valence-electron chi connectivity index (χ1n) is 4.35. The standard InChI is InChI=1S/C9H16N2S/c1-2-5-11-8(7-10)9-4-3-6-12-9/h3-4,6,8,11H,2,5,7,10H2,1H3. The molecule has 0 aliphatic rings. The minimum Gasteiger partial charge on any atom is -0.329 e. The largest absolute Gasteiger partial charge is 0.329 e. The average Bonchev–Trinajstić information content (AvgIpc) is 2.59. The van der Waals surface area contributed by atoms with Crippen molar-refractivity contribution in [2.75, 3.05) is 13.1 Å². The molecular weight excluding hydrogens is 168 g/mol. The lowest BCUT2D eigenvalue weighted by Crippen LogP contribution is -2.27. The van der Waals surface area contributed by atoms with Crippen LogP contribution in [0.25, 0.3) is 0 Å². The lowest BCUT2D eigenvalue weighted by Gasteiger charge is -2.13. The van der Waals surface area contributed by atoms with Crippen LogP contribution in [-0.2, 0) is 0 Å². The summed E-state index contributed by atoms with van der Waals surface area (Å²) in [5.74, 6) is 0. The summed E-state index contributed by atoms with van der Waals surface area (Å²) < 4.78 is 0. The van der Waals surface area contributed by atoms with E-state index < -0.39 is 0 Å². The van der Waals surface area contributed by atoms with Crippen molar-refractivity contribution >= 4 is 11.3 Å². The van der Waals surface area contributed by atoms with Crippen LogP contribution >= 0.6 is 11.3 Å². The Kier molecular flexibility index (Phi) is 4.29. The molecule has 1 heterocycles. The van der Waals surface area contributed by atoms with Gasteiger partial charge in [-0.25, -0.2) is 0 Å². The van der Waals surface area contributed by atoms with Crippen molar-refractivity contribution in [2.24, 2.45) is 5.73 Å². The van der Waals surface area contributed by atoms with Gasteiger partial charge in [0.1, 0.15) is 0 Å². The van der Waals surface area contributed by atoms with Crippen LogP contribution in [0.4, 0.5) is 0 Å². The van der Waals surface area contributed by atoms with Gasteiger partial charge in [-0.1, -0.05) is 13.0 Å². The first kappa shape index (κ1) is 9.71. The van der Waals surface area contributed by atoms with E-state index in [2.05, 4.69) is 29.8 Å². The van der Waals surface area contributed by atoms with E-state index >= 15 is 0 Å². The molecular formula is C9H16N2S. The number of thiophene rings is 1. The highest BCUT2D eigenvalue weighted by molar-refractivity contribution is 7.10. The van der Waals surface area contributed by atoms with Gasteiger partial charge in [-0.3, -0.25) is 0 Å². The van der Waals surface area contributed by atoms with Crippen molar-refractivity contribution in [1.29, 1.82) is 0 Å². The van der Waals surface area contributed by atoms with E-state index in [1.807, 2.05) is 0 Å². The average molecular weight is 184 g/mol. The Hall–Kier alpha value is -0.380. The maximum absolute atomic E-state index is 5.65. The molecule has 0 radical (unpaired) electrons. The molecule has 0 aliphatic heterocycles. The van der Waals surface area contributed by atoms with E-state index in [0.29, 0.717) is 12.6 Å². The zero-order valence-electron chi connectivity index (χ0n) is 7.42. The lowest BCUT2D eigenvalue weighted by molar-refractivity contribution is 0.547. The molecule has 0 amide bonds. The third kappa shape index (κ3) is 2.59. The van der Waals surface area contributed by atoms with Crippen LogP contribution in [0, 0.1) is 0 Å². The number of rotatable bonds is 5. The minimum absolute atomic E-state index is 0.352. The number of nitrogens with two attached hydrogens (primary N) is 1. The van der Waals surface area contributed by atoms with Crippen molar-refractivity contribution in [3.8, 4) is 0 Å². The molecule has 0 aliphatic carbocycles. The monoisotopic (exact) mass is 184 g/mol. The zero-order chi connectivity index (χ0) is 8.81. The predicted molar refractivity (Wildman–Crippen MR) is 54.4 cm³/mol. The summed E-state index contributed by atoms with van der Waals surface area (Å²) in [4.78, 5) is 1.34. The summed E-state index contributed by atoms with van der Waals surface area (Å²) in [6.07, 6.45) is 1.15. The summed E-state index contributed by atoms with van der Waals surface area (Å²) in [6, 6.07) is 4.55. The fourth-order valence-corrected chi connectivity index (χ4v) is 1.92. The molecule has 68 valence electrons. The van der Waals surface area contributed by atoms with Crippen LogP contribution in [0.1, 0.15) is 24.3 Å². The van der Waals surface area contributed by atoms with Crippen molar-refractivity contribution < 1.29 is 0 Å². The van der Waals surface area contributed by atoms with Crippen molar-refractivity contribution in [1.82, 2.24) is 5.32 Å². The SMILES string of the molecule is CCCNC(CN)c1cccs1. The van der Waals surface area contributed by atoms with E-state index in [-0.39, 0.29) is 0 Å². The quantitative estimate of drug-likeness (QED) is 0.731. The van der Waals surface area contributed by atoms with E-state index in [4.69, 9.17) is 5.73 Å². The van der Waals surface area contributed by atoms with Crippen LogP contribution < -0.4 is 11.1 Å². The second kappa shape index (κ2) is 5.30. The topological polar surface area (TPSA) is 38.0 Å². The summed E-state index contributed by atoms with van der Waals surface area (Å²) in [5.41, 5.74) is 5.65. The summed E-state index contributed by atoms with van der Waals surface area (Å²) >= 11 is 1.76. The maximum Gasteiger partial charge on any atom is 0.0539 e. The zero-order valence-corrected chi connectivity index (χ0v) is 8.23. The number of hydrogen-bond acceptors (Lipinski definition) is 3. The Morgan fingerprint density at radius 1 is 1.67 bits per heavy atom. The van der Waals surface area contributed by atoms with Crippen molar-refractivity contribution in [3.05, 3.63) is 22.4 Å². The van der Waals surface area contributed by atoms with Gasteiger partial charge in [-0.15, -0.1) is 11.3 Å². The Bertz CT molecular complexity index is 196. The minimum atomic E-state index is 0.352. The van der Waals surface area contributed by atoms with Crippen LogP contribution in [0.5, 0.6) is 0 Å². The molecule has 3 heteroatoms. The molecule has 1 atom stereocenters. The van der Waals surface area contributed by atoms with Crippen LogP contribution in [0.15, 0.2) is 17.5 Å². The highest BCUT2D eigenvalue weighted by Crippen LogP contribution is 2.17. The fourth-order valence-electron chi connectivity index (χ4n) is 1.11. The van der Waals surface area contributed by atoms with Crippen LogP contribution in [0.2, 0.25) is 0 Å². The van der Waals surface area contributed by atoms with Gasteiger partial charge in [0, 0.05) is 11.4 Å². The van der Waals surface area contributed by atoms with E-state index in [1.165, 1.54) is 4.88 Å². The summed E-state index contributed by atoms with van der Waals surface area (Å²) in [7, 11) is 0. The number of hydrogen-bond donors (Lipinski definition) is 2. The predicted octanol–water partition coefficient (Wildman–Crippen LogP) is 1.75. The normalized spacial score (nSPS) is 13.2. The van der Waals surface area contributed by atoms with Gasteiger partial charge < -0.3 is 11.1 Å². The van der Waals surface area contributed by atoms with Gasteiger partial charge >= 0.3 is 0 Å². The Labute approximate surface area is 77.8 Å². The van der Waals surface area contributed by atoms with E-state index in [0.717, 1.165) is 13.0 Å². The van der Waals surface area contributed by atoms with Gasteiger partial charge in [-0.05, 0) is 24.4 Å². The van der Waals surface area contributed by atoms with Gasteiger partial charge in [-0.2, -0.15) is 0 Å². The molecule has 1 unspecified atom stereocenters. The van der Waals surface area contributed by atoms with Crippen LogP contribution in [0.3, 0.4) is 0 Å². The van der Waals surface area contributed by atoms with Gasteiger partial charge in [0.25, 0.3) is 0 Å². The summed E-state index contributed by atoms with van der Waals surface area (Å²) in [6.45, 7) is 3.88. The Balaban J connectivity index is 2.45. The van der Waals surface area contributed by atoms with Crippen molar-refractivity contribution in [2.45, 2.75) is 19.4 Å². The molecule has 1 aromatic rings. The molecule has 0 bridgehead atoms. The van der Waals surface area contributed by atoms with Gasteiger partial charge in [0.05, 0.1) is 6.04 Å². The van der Waals surface area contributed by atoms with Crippen molar-refractivity contribution in [3.63, 3.8) is 0 Å². The molecule has 0 saturated carbocycles. The lowest BCUT2D eigenvalue weighted by atomic mass is 10.2. The highest BCUT2D eigenvalue weighted by Gasteiger charge is 2.07.